The van der Waals surface area contributed by atoms with Gasteiger partial charge in [0.2, 0.25) is 0 Å². The molecule has 1 aromatic rings. The number of hydrogen-bond donors (Lipinski definition) is 1. The van der Waals surface area contributed by atoms with Gasteiger partial charge in [-0.15, -0.1) is 0 Å². The second-order valence-electron chi connectivity index (χ2n) is 5.94. The van der Waals surface area contributed by atoms with Gasteiger partial charge >= 0.3 is 0 Å². The van der Waals surface area contributed by atoms with Gasteiger partial charge < -0.3 is 5.32 Å². The summed E-state index contributed by atoms with van der Waals surface area (Å²) >= 11 is 6.45. The number of nitrogens with one attached hydrogen (secondary N) is 1. The molecule has 19 heavy (non-hydrogen) atoms. The number of benzene rings is 1. The quantitative estimate of drug-likeness (QED) is 0.702. The highest BCUT2D eigenvalue weighted by Gasteiger charge is 2.15. The number of hydrogen-bond acceptors (Lipinski definition) is 1. The van der Waals surface area contributed by atoms with Gasteiger partial charge in [-0.25, -0.2) is 0 Å². The van der Waals surface area contributed by atoms with E-state index in [1.807, 2.05) is 0 Å². The zero-order valence-electron chi connectivity index (χ0n) is 13.0. The van der Waals surface area contributed by atoms with Crippen LogP contribution in [0.25, 0.3) is 0 Å². The Morgan fingerprint density at radius 2 is 1.74 bits per heavy atom. The predicted molar refractivity (Wildman–Crippen MR) is 86.0 cm³/mol. The van der Waals surface area contributed by atoms with Gasteiger partial charge in [0, 0.05) is 11.1 Å². The van der Waals surface area contributed by atoms with E-state index in [0.29, 0.717) is 6.04 Å². The molecule has 0 spiro atoms. The summed E-state index contributed by atoms with van der Waals surface area (Å²) in [5.41, 5.74) is 3.86. The Morgan fingerprint density at radius 1 is 1.11 bits per heavy atom. The molecule has 0 bridgehead atoms. The molecule has 108 valence electrons. The highest BCUT2D eigenvalue weighted by Crippen LogP contribution is 2.30. The average molecular weight is 282 g/mol. The Balaban J connectivity index is 2.92. The summed E-state index contributed by atoms with van der Waals surface area (Å²) in [6, 6.07) is 4.74. The van der Waals surface area contributed by atoms with Crippen molar-refractivity contribution in [2.45, 2.75) is 59.9 Å². The van der Waals surface area contributed by atoms with Crippen molar-refractivity contribution in [1.82, 2.24) is 5.32 Å². The molecule has 0 saturated carbocycles. The fourth-order valence-electron chi connectivity index (χ4n) is 2.26. The molecular formula is C17H28ClN. The van der Waals surface area contributed by atoms with Crippen LogP contribution in [0.2, 0.25) is 5.02 Å². The molecule has 1 N–H and O–H groups in total. The van der Waals surface area contributed by atoms with Crippen molar-refractivity contribution >= 4 is 11.6 Å². The van der Waals surface area contributed by atoms with E-state index in [2.05, 4.69) is 52.1 Å². The van der Waals surface area contributed by atoms with Crippen molar-refractivity contribution in [3.8, 4) is 0 Å². The molecular weight excluding hydrogens is 254 g/mol. The summed E-state index contributed by atoms with van der Waals surface area (Å²) in [5, 5.41) is 4.55. The van der Waals surface area contributed by atoms with Crippen LogP contribution in [0.5, 0.6) is 0 Å². The summed E-state index contributed by atoms with van der Waals surface area (Å²) < 4.78 is 0. The van der Waals surface area contributed by atoms with Gasteiger partial charge in [-0.2, -0.15) is 0 Å². The van der Waals surface area contributed by atoms with Crippen molar-refractivity contribution in [2.75, 3.05) is 6.54 Å². The lowest BCUT2D eigenvalue weighted by Gasteiger charge is -2.22. The zero-order valence-corrected chi connectivity index (χ0v) is 13.8. The monoisotopic (exact) mass is 281 g/mol. The van der Waals surface area contributed by atoms with Crippen molar-refractivity contribution in [3.63, 3.8) is 0 Å². The fraction of sp³-hybridized carbons (Fsp3) is 0.647. The minimum atomic E-state index is 0.383. The summed E-state index contributed by atoms with van der Waals surface area (Å²) in [6.45, 7) is 12.1. The van der Waals surface area contributed by atoms with Gasteiger partial charge in [0.25, 0.3) is 0 Å². The van der Waals surface area contributed by atoms with Gasteiger partial charge in [0.15, 0.2) is 0 Å². The van der Waals surface area contributed by atoms with Crippen LogP contribution in [0.1, 0.15) is 62.8 Å². The standard InChI is InChI=1S/C17H28ClN/c1-6-9-19-17(8-7-12(2)3)15-10-13(4)14(5)11-16(15)18/h10-12,17,19H,6-9H2,1-5H3. The first-order chi connectivity index (χ1) is 8.95. The average Bonchev–Trinajstić information content (AvgIpc) is 2.34. The van der Waals surface area contributed by atoms with Crippen LogP contribution in [0.4, 0.5) is 0 Å². The van der Waals surface area contributed by atoms with Crippen molar-refractivity contribution in [1.29, 1.82) is 0 Å². The summed E-state index contributed by atoms with van der Waals surface area (Å²) in [7, 11) is 0. The molecule has 0 saturated heterocycles. The number of aryl methyl sites for hydroxylation is 2. The molecule has 0 radical (unpaired) electrons. The van der Waals surface area contributed by atoms with E-state index in [1.165, 1.54) is 23.1 Å². The third kappa shape index (κ3) is 5.16. The van der Waals surface area contributed by atoms with Crippen LogP contribution < -0.4 is 5.32 Å². The van der Waals surface area contributed by atoms with Crippen molar-refractivity contribution in [3.05, 3.63) is 33.8 Å². The Labute approximate surface area is 123 Å². The topological polar surface area (TPSA) is 12.0 Å². The number of rotatable bonds is 7. The molecule has 0 aliphatic rings. The van der Waals surface area contributed by atoms with E-state index < -0.39 is 0 Å². The second-order valence-corrected chi connectivity index (χ2v) is 6.34. The smallest absolute Gasteiger partial charge is 0.0456 e. The molecule has 1 atom stereocenters. The number of halogens is 1. The minimum absolute atomic E-state index is 0.383. The van der Waals surface area contributed by atoms with Crippen LogP contribution in [-0.2, 0) is 0 Å². The van der Waals surface area contributed by atoms with Crippen LogP contribution in [-0.4, -0.2) is 6.54 Å². The molecule has 0 heterocycles. The minimum Gasteiger partial charge on any atom is -0.310 e. The lowest BCUT2D eigenvalue weighted by Crippen LogP contribution is -2.23. The van der Waals surface area contributed by atoms with Gasteiger partial charge in [0.1, 0.15) is 0 Å². The summed E-state index contributed by atoms with van der Waals surface area (Å²) in [4.78, 5) is 0. The van der Waals surface area contributed by atoms with E-state index in [4.69, 9.17) is 11.6 Å². The first-order valence-electron chi connectivity index (χ1n) is 7.45. The van der Waals surface area contributed by atoms with Crippen molar-refractivity contribution < 1.29 is 0 Å². The maximum atomic E-state index is 6.45. The molecule has 0 aliphatic heterocycles. The van der Waals surface area contributed by atoms with Crippen LogP contribution in [0.3, 0.4) is 0 Å². The Kier molecular flexibility index (Phi) is 6.88. The zero-order chi connectivity index (χ0) is 14.4. The van der Waals surface area contributed by atoms with Gasteiger partial charge in [-0.3, -0.25) is 0 Å². The maximum Gasteiger partial charge on any atom is 0.0456 e. The van der Waals surface area contributed by atoms with E-state index >= 15 is 0 Å². The Morgan fingerprint density at radius 3 is 2.32 bits per heavy atom. The summed E-state index contributed by atoms with van der Waals surface area (Å²) in [6.07, 6.45) is 3.53. The van der Waals surface area contributed by atoms with E-state index in [9.17, 15) is 0 Å². The third-order valence-corrected chi connectivity index (χ3v) is 3.99. The first-order valence-corrected chi connectivity index (χ1v) is 7.83. The largest absolute Gasteiger partial charge is 0.310 e. The van der Waals surface area contributed by atoms with E-state index in [-0.39, 0.29) is 0 Å². The Hall–Kier alpha value is -0.530. The van der Waals surface area contributed by atoms with Crippen molar-refractivity contribution in [2.24, 2.45) is 5.92 Å². The van der Waals surface area contributed by atoms with Gasteiger partial charge in [-0.05, 0) is 68.3 Å². The third-order valence-electron chi connectivity index (χ3n) is 3.66. The molecule has 1 rings (SSSR count). The van der Waals surface area contributed by atoms with Gasteiger partial charge in [0.05, 0.1) is 0 Å². The normalized spacial score (nSPS) is 13.0. The predicted octanol–water partition coefficient (Wildman–Crippen LogP) is 5.43. The second kappa shape index (κ2) is 7.91. The highest BCUT2D eigenvalue weighted by molar-refractivity contribution is 6.31. The van der Waals surface area contributed by atoms with Crippen LogP contribution in [0.15, 0.2) is 12.1 Å². The Bertz CT molecular complexity index is 398. The molecule has 0 amide bonds. The van der Waals surface area contributed by atoms with Gasteiger partial charge in [-0.1, -0.05) is 38.4 Å². The molecule has 2 heteroatoms. The lowest BCUT2D eigenvalue weighted by molar-refractivity contribution is 0.440. The van der Waals surface area contributed by atoms with E-state index in [1.54, 1.807) is 0 Å². The lowest BCUT2D eigenvalue weighted by atomic mass is 9.95. The highest BCUT2D eigenvalue weighted by atomic mass is 35.5. The van der Waals surface area contributed by atoms with Crippen LogP contribution in [0, 0.1) is 19.8 Å². The SMILES string of the molecule is CCCNC(CCC(C)C)c1cc(C)c(C)cc1Cl. The maximum absolute atomic E-state index is 6.45. The van der Waals surface area contributed by atoms with E-state index in [0.717, 1.165) is 30.3 Å². The first kappa shape index (κ1) is 16.5. The molecule has 0 fully saturated rings. The summed E-state index contributed by atoms with van der Waals surface area (Å²) in [5.74, 6) is 0.733. The molecule has 1 nitrogen and oxygen atoms in total. The molecule has 1 aromatic carbocycles. The fourth-order valence-corrected chi connectivity index (χ4v) is 2.61. The molecule has 0 aromatic heterocycles. The van der Waals surface area contributed by atoms with Crippen LogP contribution >= 0.6 is 11.6 Å². The molecule has 0 aliphatic carbocycles. The molecule has 1 unspecified atom stereocenters.